The van der Waals surface area contributed by atoms with Crippen LogP contribution in [0.15, 0.2) is 0 Å². The topological polar surface area (TPSA) is 105 Å². The average molecular weight is 569 g/mol. The number of hydrogen-bond acceptors (Lipinski definition) is 8. The maximum Gasteiger partial charge on any atom is 0.331 e. The van der Waals surface area contributed by atoms with Gasteiger partial charge in [0.2, 0.25) is 0 Å². The highest BCUT2D eigenvalue weighted by atomic mass is 31.2. The number of carbonyl (C=O) groups excluding carboxylic acids is 3. The van der Waals surface area contributed by atoms with Gasteiger partial charge in [-0.2, -0.15) is 0 Å². The van der Waals surface area contributed by atoms with Crippen LogP contribution in [0.5, 0.6) is 0 Å². The van der Waals surface area contributed by atoms with Crippen LogP contribution in [-0.2, 0) is 37.5 Å². The lowest BCUT2D eigenvalue weighted by molar-refractivity contribution is -0.161. The van der Waals surface area contributed by atoms with Crippen molar-refractivity contribution in [3.8, 4) is 0 Å². The van der Waals surface area contributed by atoms with Gasteiger partial charge in [-0.05, 0) is 106 Å². The molecule has 0 saturated heterocycles. The Balaban J connectivity index is 1.33. The van der Waals surface area contributed by atoms with Gasteiger partial charge in [0, 0.05) is 12.8 Å². The summed E-state index contributed by atoms with van der Waals surface area (Å²) in [5.41, 5.74) is 0.226. The minimum atomic E-state index is -3.32. The largest absolute Gasteiger partial charge is 0.463 e. The van der Waals surface area contributed by atoms with E-state index in [0.717, 1.165) is 44.9 Å². The van der Waals surface area contributed by atoms with Crippen LogP contribution in [0.3, 0.4) is 0 Å². The molecule has 0 heterocycles. The van der Waals surface area contributed by atoms with E-state index in [1.807, 2.05) is 0 Å². The van der Waals surface area contributed by atoms with Crippen molar-refractivity contribution in [2.45, 2.75) is 105 Å². The van der Waals surface area contributed by atoms with E-state index in [1.165, 1.54) is 19.8 Å². The highest BCUT2D eigenvalue weighted by molar-refractivity contribution is 7.53. The predicted octanol–water partition coefficient (Wildman–Crippen LogP) is 6.35. The summed E-state index contributed by atoms with van der Waals surface area (Å²) in [7, 11) is -3.32. The molecule has 0 N–H and O–H groups in total. The normalized spacial score (nSPS) is 37.8. The first kappa shape index (κ1) is 30.7. The van der Waals surface area contributed by atoms with Crippen molar-refractivity contribution < 1.29 is 37.5 Å². The Kier molecular flexibility index (Phi) is 9.71. The molecule has 4 aliphatic carbocycles. The quantitative estimate of drug-likeness (QED) is 0.210. The van der Waals surface area contributed by atoms with Gasteiger partial charge >= 0.3 is 19.5 Å². The van der Waals surface area contributed by atoms with Gasteiger partial charge in [-0.25, -0.2) is 0 Å². The van der Waals surface area contributed by atoms with Gasteiger partial charge in [0.1, 0.15) is 12.7 Å². The summed E-state index contributed by atoms with van der Waals surface area (Å²) >= 11 is 0. The summed E-state index contributed by atoms with van der Waals surface area (Å²) in [4.78, 5) is 37.3. The lowest BCUT2D eigenvalue weighted by Gasteiger charge is -2.61. The third kappa shape index (κ3) is 6.33. The molecule has 0 spiro atoms. The number of esters is 2. The van der Waals surface area contributed by atoms with E-state index in [1.54, 1.807) is 13.8 Å². The fourth-order valence-corrected chi connectivity index (χ4v) is 10.8. The molecule has 222 valence electrons. The van der Waals surface area contributed by atoms with Gasteiger partial charge in [0.25, 0.3) is 0 Å². The first-order valence-electron chi connectivity index (χ1n) is 15.2. The Hall–Kier alpha value is -1.24. The van der Waals surface area contributed by atoms with Gasteiger partial charge in [-0.1, -0.05) is 13.8 Å². The van der Waals surface area contributed by atoms with Crippen molar-refractivity contribution >= 4 is 25.3 Å². The van der Waals surface area contributed by atoms with Crippen LogP contribution in [-0.4, -0.2) is 49.8 Å². The van der Waals surface area contributed by atoms with E-state index in [0.29, 0.717) is 23.7 Å². The zero-order chi connectivity index (χ0) is 28.4. The van der Waals surface area contributed by atoms with Crippen LogP contribution in [0.1, 0.15) is 98.8 Å². The van der Waals surface area contributed by atoms with Crippen LogP contribution >= 0.6 is 7.60 Å². The monoisotopic (exact) mass is 568 g/mol. The van der Waals surface area contributed by atoms with Gasteiger partial charge < -0.3 is 18.5 Å². The minimum Gasteiger partial charge on any atom is -0.463 e. The number of ether oxygens (including phenoxy) is 2. The Bertz CT molecular complexity index is 957. The van der Waals surface area contributed by atoms with Crippen molar-refractivity contribution in [3.05, 3.63) is 0 Å². The summed E-state index contributed by atoms with van der Waals surface area (Å²) in [6.07, 6.45) is 9.41. The Labute approximate surface area is 234 Å². The molecule has 4 rings (SSSR count). The van der Waals surface area contributed by atoms with E-state index in [2.05, 4.69) is 13.8 Å². The Morgan fingerprint density at radius 1 is 0.872 bits per heavy atom. The molecular weight excluding hydrogens is 519 g/mol. The van der Waals surface area contributed by atoms with E-state index in [9.17, 15) is 18.9 Å². The second-order valence-electron chi connectivity index (χ2n) is 12.9. The Morgan fingerprint density at radius 2 is 1.54 bits per heavy atom. The average Bonchev–Trinajstić information content (AvgIpc) is 3.23. The smallest absolute Gasteiger partial charge is 0.331 e. The number of fused-ring (bicyclic) bond motifs is 5. The van der Waals surface area contributed by atoms with E-state index in [4.69, 9.17) is 18.5 Å². The molecule has 9 heteroatoms. The predicted molar refractivity (Wildman–Crippen MR) is 147 cm³/mol. The number of hydrogen-bond donors (Lipinski definition) is 0. The van der Waals surface area contributed by atoms with Crippen molar-refractivity contribution in [1.29, 1.82) is 0 Å². The summed E-state index contributed by atoms with van der Waals surface area (Å²) in [5.74, 6) is 1.63. The molecule has 0 aliphatic heterocycles. The molecule has 4 fully saturated rings. The first-order chi connectivity index (χ1) is 18.5. The van der Waals surface area contributed by atoms with Crippen molar-refractivity contribution in [2.75, 3.05) is 26.0 Å². The molecule has 0 aromatic rings. The lowest BCUT2D eigenvalue weighted by atomic mass is 9.44. The highest BCUT2D eigenvalue weighted by Gasteiger charge is 2.61. The SMILES string of the molecule is CCOP(=O)(CCC(=O)OCC(=O)C1CCC2C3CCC4CC(OC(C)=O)CCC4(C)C3CCC12C)OCC. The molecule has 0 amide bonds. The number of carbonyl (C=O) groups is 3. The van der Waals surface area contributed by atoms with Crippen LogP contribution < -0.4 is 0 Å². The molecular formula is C30H49O8P. The van der Waals surface area contributed by atoms with Gasteiger partial charge in [0.05, 0.1) is 25.8 Å². The standard InChI is InChI=1S/C30H49O8P/c1-6-36-39(34,37-7-2)17-14-28(33)35-19-27(32)26-11-10-24-23-9-8-21-18-22(38-20(3)31)12-15-29(21,4)25(23)13-16-30(24,26)5/h21-26H,6-19H2,1-5H3. The van der Waals surface area contributed by atoms with Crippen LogP contribution in [0, 0.1) is 40.4 Å². The zero-order valence-corrected chi connectivity index (χ0v) is 25.5. The third-order valence-corrected chi connectivity index (χ3v) is 13.0. The molecule has 8 nitrogen and oxygen atoms in total. The molecule has 0 aromatic heterocycles. The summed E-state index contributed by atoms with van der Waals surface area (Å²) in [6, 6.07) is 0. The molecule has 0 aromatic carbocycles. The van der Waals surface area contributed by atoms with Gasteiger partial charge in [-0.3, -0.25) is 18.9 Å². The van der Waals surface area contributed by atoms with Gasteiger partial charge in [-0.15, -0.1) is 0 Å². The molecule has 4 aliphatic rings. The van der Waals surface area contributed by atoms with E-state index < -0.39 is 13.6 Å². The summed E-state index contributed by atoms with van der Waals surface area (Å²) < 4.78 is 34.1. The molecule has 39 heavy (non-hydrogen) atoms. The molecule has 8 unspecified atom stereocenters. The molecule has 4 saturated carbocycles. The number of Topliss-reactive ketones (excluding diaryl/α,β-unsaturated/α-hetero) is 1. The highest BCUT2D eigenvalue weighted by Crippen LogP contribution is 2.67. The Morgan fingerprint density at radius 3 is 2.21 bits per heavy atom. The summed E-state index contributed by atoms with van der Waals surface area (Å²) in [5, 5.41) is 0. The fraction of sp³-hybridized carbons (Fsp3) is 0.900. The van der Waals surface area contributed by atoms with Crippen molar-refractivity contribution in [2.24, 2.45) is 40.4 Å². The van der Waals surface area contributed by atoms with Gasteiger partial charge in [0.15, 0.2) is 5.78 Å². The first-order valence-corrected chi connectivity index (χ1v) is 16.9. The fourth-order valence-electron chi connectivity index (χ4n) is 9.20. The van der Waals surface area contributed by atoms with E-state index >= 15 is 0 Å². The minimum absolute atomic E-state index is 0.0198. The van der Waals surface area contributed by atoms with Crippen LogP contribution in [0.4, 0.5) is 0 Å². The van der Waals surface area contributed by atoms with Crippen molar-refractivity contribution in [3.63, 3.8) is 0 Å². The van der Waals surface area contributed by atoms with E-state index in [-0.39, 0.29) is 67.0 Å². The second-order valence-corrected chi connectivity index (χ2v) is 15.1. The number of ketones is 1. The maximum absolute atomic E-state index is 13.4. The summed E-state index contributed by atoms with van der Waals surface area (Å²) in [6.45, 7) is 10.0. The van der Waals surface area contributed by atoms with Crippen molar-refractivity contribution in [1.82, 2.24) is 0 Å². The molecule has 8 atom stereocenters. The zero-order valence-electron chi connectivity index (χ0n) is 24.6. The second kappa shape index (κ2) is 12.3. The van der Waals surface area contributed by atoms with Crippen LogP contribution in [0.2, 0.25) is 0 Å². The number of rotatable bonds is 11. The third-order valence-electron chi connectivity index (χ3n) is 11.0. The molecule has 0 radical (unpaired) electrons. The lowest BCUT2D eigenvalue weighted by Crippen LogP contribution is -2.54. The van der Waals surface area contributed by atoms with Crippen LogP contribution in [0.25, 0.3) is 0 Å². The maximum atomic E-state index is 13.4. The molecule has 0 bridgehead atoms.